The molecule has 0 amide bonds. The number of anilines is 1. The van der Waals surface area contributed by atoms with Gasteiger partial charge >= 0.3 is 0 Å². The Morgan fingerprint density at radius 2 is 1.72 bits per heavy atom. The minimum Gasteiger partial charge on any atom is -0.497 e. The lowest BCUT2D eigenvalue weighted by Crippen LogP contribution is -2.02. The Labute approximate surface area is 114 Å². The van der Waals surface area contributed by atoms with Gasteiger partial charge in [-0.3, -0.25) is 4.79 Å². The van der Waals surface area contributed by atoms with Crippen molar-refractivity contribution in [1.29, 1.82) is 0 Å². The minimum absolute atomic E-state index is 0.0432. The molecule has 0 heterocycles. The van der Waals surface area contributed by atoms with Crippen LogP contribution in [0.5, 0.6) is 5.75 Å². The minimum atomic E-state index is -0.0432. The van der Waals surface area contributed by atoms with Gasteiger partial charge in [0.25, 0.3) is 0 Å². The monoisotopic (exact) mass is 305 g/mol. The van der Waals surface area contributed by atoms with E-state index in [2.05, 4.69) is 15.9 Å². The van der Waals surface area contributed by atoms with E-state index in [4.69, 9.17) is 10.5 Å². The van der Waals surface area contributed by atoms with Crippen molar-refractivity contribution >= 4 is 27.4 Å². The number of nitrogen functional groups attached to an aromatic ring is 1. The van der Waals surface area contributed by atoms with Gasteiger partial charge in [0, 0.05) is 21.3 Å². The van der Waals surface area contributed by atoms with Crippen molar-refractivity contribution in [1.82, 2.24) is 0 Å². The van der Waals surface area contributed by atoms with Gasteiger partial charge in [0.15, 0.2) is 5.78 Å². The Kier molecular flexibility index (Phi) is 3.67. The molecule has 0 unspecified atom stereocenters. The van der Waals surface area contributed by atoms with E-state index in [1.54, 1.807) is 49.6 Å². The van der Waals surface area contributed by atoms with Crippen LogP contribution in [-0.4, -0.2) is 12.9 Å². The maximum atomic E-state index is 12.2. The smallest absolute Gasteiger partial charge is 0.193 e. The van der Waals surface area contributed by atoms with E-state index in [0.29, 0.717) is 16.8 Å². The Morgan fingerprint density at radius 1 is 1.11 bits per heavy atom. The predicted molar refractivity (Wildman–Crippen MR) is 75.0 cm³/mol. The number of hydrogen-bond donors (Lipinski definition) is 1. The molecule has 2 aromatic rings. The highest BCUT2D eigenvalue weighted by Gasteiger charge is 2.10. The fraction of sp³-hybridized carbons (Fsp3) is 0.0714. The summed E-state index contributed by atoms with van der Waals surface area (Å²) in [6.07, 6.45) is 0. The van der Waals surface area contributed by atoms with Gasteiger partial charge in [0.05, 0.1) is 7.11 Å². The van der Waals surface area contributed by atoms with E-state index in [9.17, 15) is 4.79 Å². The third-order valence-corrected chi connectivity index (χ3v) is 3.30. The predicted octanol–water partition coefficient (Wildman–Crippen LogP) is 3.27. The molecule has 92 valence electrons. The third-order valence-electron chi connectivity index (χ3n) is 2.61. The van der Waals surface area contributed by atoms with Crippen molar-refractivity contribution in [2.75, 3.05) is 12.8 Å². The average molecular weight is 306 g/mol. The molecule has 0 aliphatic carbocycles. The second-order valence-electron chi connectivity index (χ2n) is 3.79. The number of methoxy groups -OCH3 is 1. The highest BCUT2D eigenvalue weighted by atomic mass is 79.9. The molecule has 0 fully saturated rings. The van der Waals surface area contributed by atoms with Crippen molar-refractivity contribution in [3.8, 4) is 5.75 Å². The van der Waals surface area contributed by atoms with E-state index in [-0.39, 0.29) is 5.78 Å². The van der Waals surface area contributed by atoms with Crippen LogP contribution in [0.25, 0.3) is 0 Å². The second-order valence-corrected chi connectivity index (χ2v) is 4.65. The lowest BCUT2D eigenvalue weighted by atomic mass is 10.0. The summed E-state index contributed by atoms with van der Waals surface area (Å²) >= 11 is 3.31. The molecule has 0 saturated carbocycles. The molecule has 0 aliphatic rings. The number of benzene rings is 2. The zero-order valence-corrected chi connectivity index (χ0v) is 11.4. The molecular weight excluding hydrogens is 294 g/mol. The molecule has 0 bridgehead atoms. The molecule has 4 heteroatoms. The summed E-state index contributed by atoms with van der Waals surface area (Å²) in [4.78, 5) is 12.2. The normalized spacial score (nSPS) is 10.1. The molecule has 0 atom stereocenters. The highest BCUT2D eigenvalue weighted by Crippen LogP contribution is 2.22. The van der Waals surface area contributed by atoms with Gasteiger partial charge in [-0.1, -0.05) is 0 Å². The average Bonchev–Trinajstić information content (AvgIpc) is 2.41. The number of nitrogens with two attached hydrogens (primary N) is 1. The lowest BCUT2D eigenvalue weighted by molar-refractivity contribution is 0.103. The summed E-state index contributed by atoms with van der Waals surface area (Å²) in [6.45, 7) is 0. The van der Waals surface area contributed by atoms with Crippen molar-refractivity contribution in [3.05, 3.63) is 58.1 Å². The Bertz CT molecular complexity index is 579. The Balaban J connectivity index is 2.32. The van der Waals surface area contributed by atoms with Crippen LogP contribution in [0.2, 0.25) is 0 Å². The van der Waals surface area contributed by atoms with Gasteiger partial charge < -0.3 is 10.5 Å². The van der Waals surface area contributed by atoms with Gasteiger partial charge in [-0.15, -0.1) is 0 Å². The zero-order valence-electron chi connectivity index (χ0n) is 9.81. The van der Waals surface area contributed by atoms with Gasteiger partial charge in [0.1, 0.15) is 5.75 Å². The largest absolute Gasteiger partial charge is 0.497 e. The van der Waals surface area contributed by atoms with Crippen LogP contribution in [0.15, 0.2) is 46.9 Å². The molecule has 0 aliphatic heterocycles. The van der Waals surface area contributed by atoms with Gasteiger partial charge in [-0.05, 0) is 58.4 Å². The van der Waals surface area contributed by atoms with Crippen LogP contribution in [0, 0.1) is 0 Å². The van der Waals surface area contributed by atoms with E-state index in [1.165, 1.54) is 0 Å². The van der Waals surface area contributed by atoms with Crippen LogP contribution in [0.3, 0.4) is 0 Å². The standard InChI is InChI=1S/C14H12BrNO2/c1-18-11-5-2-9(3-6-11)14(17)10-4-7-13(16)12(15)8-10/h2-8H,16H2,1H3. The van der Waals surface area contributed by atoms with Crippen LogP contribution in [-0.2, 0) is 0 Å². The zero-order chi connectivity index (χ0) is 13.1. The SMILES string of the molecule is COc1ccc(C(=O)c2ccc(N)c(Br)c2)cc1. The molecular formula is C14H12BrNO2. The molecule has 0 spiro atoms. The second kappa shape index (κ2) is 5.23. The Hall–Kier alpha value is -1.81. The molecule has 3 nitrogen and oxygen atoms in total. The van der Waals surface area contributed by atoms with Gasteiger partial charge in [-0.25, -0.2) is 0 Å². The van der Waals surface area contributed by atoms with Crippen molar-refractivity contribution in [2.24, 2.45) is 0 Å². The van der Waals surface area contributed by atoms with Crippen molar-refractivity contribution in [3.63, 3.8) is 0 Å². The number of rotatable bonds is 3. The van der Waals surface area contributed by atoms with Crippen molar-refractivity contribution < 1.29 is 9.53 Å². The first-order valence-corrected chi connectivity index (χ1v) is 6.15. The number of hydrogen-bond acceptors (Lipinski definition) is 3. The molecule has 2 N–H and O–H groups in total. The summed E-state index contributed by atoms with van der Waals surface area (Å²) in [6, 6.07) is 12.2. The van der Waals surface area contributed by atoms with E-state index in [0.717, 1.165) is 10.2 Å². The number of ketones is 1. The Morgan fingerprint density at radius 3 is 2.28 bits per heavy atom. The maximum Gasteiger partial charge on any atom is 0.193 e. The number of halogens is 1. The third kappa shape index (κ3) is 2.54. The summed E-state index contributed by atoms with van der Waals surface area (Å²) in [5, 5.41) is 0. The van der Waals surface area contributed by atoms with E-state index >= 15 is 0 Å². The topological polar surface area (TPSA) is 52.3 Å². The highest BCUT2D eigenvalue weighted by molar-refractivity contribution is 9.10. The summed E-state index contributed by atoms with van der Waals surface area (Å²) in [5.41, 5.74) is 7.52. The molecule has 2 rings (SSSR count). The van der Waals surface area contributed by atoms with Crippen LogP contribution in [0.4, 0.5) is 5.69 Å². The van der Waals surface area contributed by atoms with Gasteiger partial charge in [0.2, 0.25) is 0 Å². The summed E-state index contributed by atoms with van der Waals surface area (Å²) in [5.74, 6) is 0.684. The molecule has 0 aromatic heterocycles. The van der Waals surface area contributed by atoms with Crippen LogP contribution < -0.4 is 10.5 Å². The number of ether oxygens (including phenoxy) is 1. The molecule has 0 saturated heterocycles. The fourth-order valence-electron chi connectivity index (χ4n) is 1.58. The van der Waals surface area contributed by atoms with E-state index in [1.807, 2.05) is 0 Å². The fourth-order valence-corrected chi connectivity index (χ4v) is 1.96. The van der Waals surface area contributed by atoms with E-state index < -0.39 is 0 Å². The summed E-state index contributed by atoms with van der Waals surface area (Å²) in [7, 11) is 1.59. The van der Waals surface area contributed by atoms with Crippen LogP contribution in [0.1, 0.15) is 15.9 Å². The quantitative estimate of drug-likeness (QED) is 0.699. The van der Waals surface area contributed by atoms with Crippen molar-refractivity contribution in [2.45, 2.75) is 0 Å². The first-order valence-electron chi connectivity index (χ1n) is 5.35. The van der Waals surface area contributed by atoms with Gasteiger partial charge in [-0.2, -0.15) is 0 Å². The molecule has 0 radical (unpaired) electrons. The first kappa shape index (κ1) is 12.6. The molecule has 18 heavy (non-hydrogen) atoms. The molecule has 2 aromatic carbocycles. The lowest BCUT2D eigenvalue weighted by Gasteiger charge is -2.05. The number of carbonyl (C=O) groups excluding carboxylic acids is 1. The maximum absolute atomic E-state index is 12.2. The van der Waals surface area contributed by atoms with Crippen LogP contribution >= 0.6 is 15.9 Å². The first-order chi connectivity index (χ1) is 8.61. The summed E-state index contributed by atoms with van der Waals surface area (Å²) < 4.78 is 5.78. The number of carbonyl (C=O) groups is 1.